The lowest BCUT2D eigenvalue weighted by Crippen LogP contribution is -2.40. The lowest BCUT2D eigenvalue weighted by molar-refractivity contribution is 0.0958. The molecule has 1 unspecified atom stereocenters. The summed E-state index contributed by atoms with van der Waals surface area (Å²) < 4.78 is 5.25. The predicted octanol–water partition coefficient (Wildman–Crippen LogP) is 1.73. The maximum Gasteiger partial charge on any atom is 0.263 e. The van der Waals surface area contributed by atoms with Gasteiger partial charge in [0.05, 0.1) is 24.4 Å². The minimum Gasteiger partial charge on any atom is -0.384 e. The SMILES string of the molecule is CCNC(=NCCNC(=O)c1scnc1C)N1CCC(COC)C1.I. The minimum absolute atomic E-state index is 0. The number of nitrogens with zero attached hydrogens (tertiary/aromatic N) is 3. The highest BCUT2D eigenvalue weighted by atomic mass is 127. The predicted molar refractivity (Wildman–Crippen MR) is 112 cm³/mol. The Kier molecular flexibility index (Phi) is 10.3. The van der Waals surface area contributed by atoms with E-state index in [9.17, 15) is 4.79 Å². The van der Waals surface area contributed by atoms with Crippen molar-refractivity contribution in [2.75, 3.05) is 46.4 Å². The van der Waals surface area contributed by atoms with Crippen LogP contribution in [-0.2, 0) is 4.74 Å². The van der Waals surface area contributed by atoms with Crippen molar-refractivity contribution >= 4 is 47.2 Å². The summed E-state index contributed by atoms with van der Waals surface area (Å²) in [5.41, 5.74) is 2.46. The van der Waals surface area contributed by atoms with Crippen molar-refractivity contribution in [1.29, 1.82) is 0 Å². The molecule has 1 saturated heterocycles. The van der Waals surface area contributed by atoms with Crippen LogP contribution in [0.1, 0.15) is 28.7 Å². The van der Waals surface area contributed by atoms with Gasteiger partial charge in [0.15, 0.2) is 5.96 Å². The molecule has 1 aromatic rings. The fourth-order valence-corrected chi connectivity index (χ4v) is 3.47. The lowest BCUT2D eigenvalue weighted by atomic mass is 10.1. The summed E-state index contributed by atoms with van der Waals surface area (Å²) in [5, 5.41) is 6.23. The number of aliphatic imine (C=N–C) groups is 1. The molecule has 1 atom stereocenters. The van der Waals surface area contributed by atoms with Crippen LogP contribution in [0, 0.1) is 12.8 Å². The van der Waals surface area contributed by atoms with E-state index in [0.717, 1.165) is 44.3 Å². The van der Waals surface area contributed by atoms with Gasteiger partial charge in [-0.2, -0.15) is 0 Å². The lowest BCUT2D eigenvalue weighted by Gasteiger charge is -2.21. The molecule has 1 amide bonds. The second kappa shape index (κ2) is 11.6. The van der Waals surface area contributed by atoms with Gasteiger partial charge in [-0.05, 0) is 20.3 Å². The fraction of sp³-hybridized carbons (Fsp3) is 0.688. The third-order valence-electron chi connectivity index (χ3n) is 3.93. The maximum absolute atomic E-state index is 12.0. The van der Waals surface area contributed by atoms with Crippen molar-refractivity contribution in [2.45, 2.75) is 20.3 Å². The van der Waals surface area contributed by atoms with E-state index >= 15 is 0 Å². The van der Waals surface area contributed by atoms with Crippen molar-refractivity contribution < 1.29 is 9.53 Å². The molecule has 9 heteroatoms. The Morgan fingerprint density at radius 1 is 1.52 bits per heavy atom. The van der Waals surface area contributed by atoms with E-state index in [4.69, 9.17) is 4.74 Å². The molecule has 7 nitrogen and oxygen atoms in total. The Bertz CT molecular complexity index is 566. The number of methoxy groups -OCH3 is 1. The first-order valence-electron chi connectivity index (χ1n) is 8.36. The number of amides is 1. The molecule has 0 radical (unpaired) electrons. The topological polar surface area (TPSA) is 78.8 Å². The molecule has 0 saturated carbocycles. The van der Waals surface area contributed by atoms with Gasteiger partial charge in [-0.3, -0.25) is 9.79 Å². The number of carbonyl (C=O) groups excluding carboxylic acids is 1. The Hall–Kier alpha value is -0.940. The molecule has 0 aromatic carbocycles. The molecular formula is C16H28IN5O2S. The van der Waals surface area contributed by atoms with E-state index in [2.05, 4.69) is 32.4 Å². The number of rotatable bonds is 7. The van der Waals surface area contributed by atoms with E-state index in [1.54, 1.807) is 12.6 Å². The van der Waals surface area contributed by atoms with Crippen molar-refractivity contribution in [3.8, 4) is 0 Å². The second-order valence-electron chi connectivity index (χ2n) is 5.81. The van der Waals surface area contributed by atoms with Gasteiger partial charge in [0, 0.05) is 39.2 Å². The van der Waals surface area contributed by atoms with E-state index in [1.165, 1.54) is 11.3 Å². The smallest absolute Gasteiger partial charge is 0.263 e. The molecule has 1 aromatic heterocycles. The summed E-state index contributed by atoms with van der Waals surface area (Å²) in [4.78, 5) is 23.7. The van der Waals surface area contributed by atoms with Crippen LogP contribution >= 0.6 is 35.3 Å². The highest BCUT2D eigenvalue weighted by Crippen LogP contribution is 2.16. The number of aryl methyl sites for hydroxylation is 1. The number of carbonyl (C=O) groups is 1. The monoisotopic (exact) mass is 481 g/mol. The zero-order valence-corrected chi connectivity index (χ0v) is 18.2. The average Bonchev–Trinajstić information content (AvgIpc) is 3.19. The minimum atomic E-state index is -0.0727. The summed E-state index contributed by atoms with van der Waals surface area (Å²) in [6.45, 7) is 8.55. The van der Waals surface area contributed by atoms with Crippen molar-refractivity contribution in [2.24, 2.45) is 10.9 Å². The third-order valence-corrected chi connectivity index (χ3v) is 4.86. The van der Waals surface area contributed by atoms with Gasteiger partial charge in [-0.25, -0.2) is 4.98 Å². The number of halogens is 1. The molecule has 2 heterocycles. The number of guanidine groups is 1. The molecule has 1 aliphatic rings. The summed E-state index contributed by atoms with van der Waals surface area (Å²) in [5.74, 6) is 1.41. The first-order valence-corrected chi connectivity index (χ1v) is 9.24. The van der Waals surface area contributed by atoms with Crippen LogP contribution in [0.3, 0.4) is 0 Å². The number of hydrogen-bond acceptors (Lipinski definition) is 5. The Balaban J connectivity index is 0.00000312. The zero-order valence-electron chi connectivity index (χ0n) is 15.1. The standard InChI is InChI=1S/C16H27N5O2S.HI/c1-4-17-16(21-8-5-13(9-21)10-23-3)19-7-6-18-15(22)14-12(2)20-11-24-14;/h11,13H,4-10H2,1-3H3,(H,17,19)(H,18,22);1H. The molecule has 2 rings (SSSR count). The van der Waals surface area contributed by atoms with Crippen molar-refractivity contribution in [1.82, 2.24) is 20.5 Å². The maximum atomic E-state index is 12.0. The summed E-state index contributed by atoms with van der Waals surface area (Å²) >= 11 is 1.36. The van der Waals surface area contributed by atoms with Crippen LogP contribution in [-0.4, -0.2) is 68.2 Å². The summed E-state index contributed by atoms with van der Waals surface area (Å²) in [6.07, 6.45) is 1.12. The highest BCUT2D eigenvalue weighted by Gasteiger charge is 2.24. The molecule has 142 valence electrons. The number of likely N-dealkylation sites (tertiary alicyclic amines) is 1. The number of thiazole rings is 1. The van der Waals surface area contributed by atoms with Crippen LogP contribution in [0.2, 0.25) is 0 Å². The first-order chi connectivity index (χ1) is 11.7. The Labute approximate surface area is 170 Å². The van der Waals surface area contributed by atoms with Crippen LogP contribution in [0.4, 0.5) is 0 Å². The van der Waals surface area contributed by atoms with Crippen molar-refractivity contribution in [3.05, 3.63) is 16.1 Å². The van der Waals surface area contributed by atoms with Gasteiger partial charge in [0.1, 0.15) is 4.88 Å². The molecular weight excluding hydrogens is 453 g/mol. The summed E-state index contributed by atoms with van der Waals surface area (Å²) in [7, 11) is 1.75. The zero-order chi connectivity index (χ0) is 17.4. The van der Waals surface area contributed by atoms with Gasteiger partial charge in [0.2, 0.25) is 0 Å². The fourth-order valence-electron chi connectivity index (χ4n) is 2.75. The Morgan fingerprint density at radius 2 is 2.32 bits per heavy atom. The number of aromatic nitrogens is 1. The molecule has 1 fully saturated rings. The van der Waals surface area contributed by atoms with Crippen LogP contribution < -0.4 is 10.6 Å². The van der Waals surface area contributed by atoms with Crippen LogP contribution in [0.25, 0.3) is 0 Å². The van der Waals surface area contributed by atoms with Gasteiger partial charge in [-0.1, -0.05) is 0 Å². The number of hydrogen-bond donors (Lipinski definition) is 2. The molecule has 2 N–H and O–H groups in total. The van der Waals surface area contributed by atoms with Crippen LogP contribution in [0.5, 0.6) is 0 Å². The highest BCUT2D eigenvalue weighted by molar-refractivity contribution is 14.0. The third kappa shape index (κ3) is 6.70. The first kappa shape index (κ1) is 22.1. The van der Waals surface area contributed by atoms with E-state index in [0.29, 0.717) is 23.9 Å². The van der Waals surface area contributed by atoms with E-state index in [-0.39, 0.29) is 29.9 Å². The second-order valence-corrected chi connectivity index (χ2v) is 6.67. The van der Waals surface area contributed by atoms with Crippen LogP contribution in [0.15, 0.2) is 10.5 Å². The number of nitrogens with one attached hydrogen (secondary N) is 2. The average molecular weight is 481 g/mol. The largest absolute Gasteiger partial charge is 0.384 e. The Morgan fingerprint density at radius 3 is 2.96 bits per heavy atom. The van der Waals surface area contributed by atoms with Gasteiger partial charge in [0.25, 0.3) is 5.91 Å². The molecule has 25 heavy (non-hydrogen) atoms. The van der Waals surface area contributed by atoms with Gasteiger partial charge < -0.3 is 20.3 Å². The van der Waals surface area contributed by atoms with Gasteiger partial charge in [-0.15, -0.1) is 35.3 Å². The molecule has 1 aliphatic heterocycles. The summed E-state index contributed by atoms with van der Waals surface area (Å²) in [6, 6.07) is 0. The molecule has 0 aliphatic carbocycles. The van der Waals surface area contributed by atoms with E-state index in [1.807, 2.05) is 6.92 Å². The van der Waals surface area contributed by atoms with Crippen molar-refractivity contribution in [3.63, 3.8) is 0 Å². The van der Waals surface area contributed by atoms with E-state index < -0.39 is 0 Å². The quantitative estimate of drug-likeness (QED) is 0.269. The van der Waals surface area contributed by atoms with Gasteiger partial charge >= 0.3 is 0 Å². The molecule has 0 spiro atoms. The number of ether oxygens (including phenoxy) is 1. The molecule has 0 bridgehead atoms. The normalized spacial score (nSPS) is 17.3.